The van der Waals surface area contributed by atoms with Crippen LogP contribution in [0.1, 0.15) is 18.7 Å². The molecule has 0 amide bonds. The van der Waals surface area contributed by atoms with Gasteiger partial charge in [0.2, 0.25) is 0 Å². The first-order chi connectivity index (χ1) is 14.0. The zero-order chi connectivity index (χ0) is 22.6. The zero-order valence-corrected chi connectivity index (χ0v) is 18.7. The fraction of sp³-hybridized carbons (Fsp3) is 0.688. The molecule has 2 rings (SSSR count). The highest BCUT2D eigenvalue weighted by atomic mass is 32.2. The van der Waals surface area contributed by atoms with E-state index in [4.69, 9.17) is 13.8 Å². The van der Waals surface area contributed by atoms with Crippen LogP contribution >= 0.6 is 19.5 Å². The van der Waals surface area contributed by atoms with Gasteiger partial charge in [0.1, 0.15) is 12.2 Å². The number of aliphatic hydroxyl groups excluding tert-OH is 1. The number of halogens is 1. The maximum atomic E-state index is 14.6. The predicted octanol–water partition coefficient (Wildman–Crippen LogP) is 0.424. The molecule has 1 saturated heterocycles. The van der Waals surface area contributed by atoms with Gasteiger partial charge < -0.3 is 9.84 Å². The fourth-order valence-corrected chi connectivity index (χ4v) is 4.39. The molecular formula is C16H25FN3O8PS. The van der Waals surface area contributed by atoms with E-state index in [9.17, 15) is 28.4 Å². The summed E-state index contributed by atoms with van der Waals surface area (Å²) >= 11 is 0.998. The standard InChI is InChI=1S/C16H25FN3O8PS/c1-9-7-20(16(24)18-14(9)23)15-12(17)13(22)11(28-15)8-27-29(25,19(3)4)26-5-6-30-10(2)21/h7,11-13,15,22H,5-6,8H2,1-4H3,(H,18,23,24)/t11-,12?,13?,15-,29?/m1/s1. The van der Waals surface area contributed by atoms with Crippen LogP contribution in [0.15, 0.2) is 15.8 Å². The summed E-state index contributed by atoms with van der Waals surface area (Å²) in [6, 6.07) is 0. The molecule has 1 aliphatic heterocycles. The normalized spacial score (nSPS) is 26.1. The van der Waals surface area contributed by atoms with Crippen LogP contribution in [0.4, 0.5) is 4.39 Å². The smallest absolute Gasteiger partial charge is 0.387 e. The van der Waals surface area contributed by atoms with Gasteiger partial charge in [-0.2, -0.15) is 0 Å². The lowest BCUT2D eigenvalue weighted by atomic mass is 10.1. The van der Waals surface area contributed by atoms with Gasteiger partial charge in [-0.15, -0.1) is 0 Å². The number of thioether (sulfide) groups is 1. The van der Waals surface area contributed by atoms with Crippen LogP contribution in [-0.4, -0.2) is 75.9 Å². The molecule has 1 aliphatic rings. The van der Waals surface area contributed by atoms with Gasteiger partial charge in [-0.05, 0) is 21.0 Å². The number of ether oxygens (including phenoxy) is 1. The number of H-pyrrole nitrogens is 1. The van der Waals surface area contributed by atoms with E-state index >= 15 is 0 Å². The molecular weight excluding hydrogens is 444 g/mol. The molecule has 1 aromatic heterocycles. The SMILES string of the molecule is CC(=O)SCCOP(=O)(OC[C@H]1O[C@@H](n2cc(C)c(=O)[nH]c2=O)C(F)C1O)N(C)C. The third kappa shape index (κ3) is 5.88. The Hall–Kier alpha value is -1.34. The Morgan fingerprint density at radius 2 is 2.10 bits per heavy atom. The van der Waals surface area contributed by atoms with Gasteiger partial charge in [-0.1, -0.05) is 11.8 Å². The molecule has 30 heavy (non-hydrogen) atoms. The molecule has 0 radical (unpaired) electrons. The summed E-state index contributed by atoms with van der Waals surface area (Å²) in [5, 5.41) is 10.0. The third-order valence-corrected chi connectivity index (χ3v) is 6.99. The van der Waals surface area contributed by atoms with Crippen molar-refractivity contribution in [3.05, 3.63) is 32.6 Å². The molecule has 2 N–H and O–H groups in total. The van der Waals surface area contributed by atoms with Gasteiger partial charge >= 0.3 is 13.4 Å². The summed E-state index contributed by atoms with van der Waals surface area (Å²) in [7, 11) is -0.881. The lowest BCUT2D eigenvalue weighted by molar-refractivity contribution is -0.109. The van der Waals surface area contributed by atoms with Crippen LogP contribution in [0.3, 0.4) is 0 Å². The van der Waals surface area contributed by atoms with E-state index < -0.39 is 50.2 Å². The highest BCUT2D eigenvalue weighted by Crippen LogP contribution is 2.50. The molecule has 0 spiro atoms. The first-order valence-corrected chi connectivity index (χ1v) is 11.4. The Balaban J connectivity index is 2.06. The summed E-state index contributed by atoms with van der Waals surface area (Å²) < 4.78 is 45.5. The zero-order valence-electron chi connectivity index (χ0n) is 16.9. The number of hydrogen-bond acceptors (Lipinski definition) is 9. The molecule has 14 heteroatoms. The molecule has 2 heterocycles. The van der Waals surface area contributed by atoms with Crippen LogP contribution in [0.25, 0.3) is 0 Å². The largest absolute Gasteiger partial charge is 0.407 e. The predicted molar refractivity (Wildman–Crippen MR) is 107 cm³/mol. The quantitative estimate of drug-likeness (QED) is 0.386. The number of rotatable bonds is 9. The fourth-order valence-electron chi connectivity index (χ4n) is 2.61. The minimum atomic E-state index is -3.79. The van der Waals surface area contributed by atoms with Gasteiger partial charge in [0.15, 0.2) is 17.5 Å². The van der Waals surface area contributed by atoms with Gasteiger partial charge in [0.25, 0.3) is 5.56 Å². The van der Waals surface area contributed by atoms with Gasteiger partial charge in [0.05, 0.1) is 13.2 Å². The summed E-state index contributed by atoms with van der Waals surface area (Å²) in [5.74, 6) is 0.266. The van der Waals surface area contributed by atoms with Crippen molar-refractivity contribution in [1.29, 1.82) is 0 Å². The van der Waals surface area contributed by atoms with Crippen molar-refractivity contribution in [1.82, 2.24) is 14.2 Å². The molecule has 1 aromatic rings. The number of aliphatic hydroxyl groups is 1. The van der Waals surface area contributed by atoms with E-state index in [1.807, 2.05) is 4.98 Å². The van der Waals surface area contributed by atoms with Crippen molar-refractivity contribution in [3.8, 4) is 0 Å². The topological polar surface area (TPSA) is 140 Å². The van der Waals surface area contributed by atoms with Crippen LogP contribution in [0, 0.1) is 6.92 Å². The number of nitrogens with one attached hydrogen (secondary N) is 1. The lowest BCUT2D eigenvalue weighted by Gasteiger charge is -2.25. The second-order valence-corrected chi connectivity index (χ2v) is 10.3. The monoisotopic (exact) mass is 469 g/mol. The van der Waals surface area contributed by atoms with Gasteiger partial charge in [-0.25, -0.2) is 18.4 Å². The van der Waals surface area contributed by atoms with Crippen LogP contribution < -0.4 is 11.2 Å². The second-order valence-electron chi connectivity index (χ2n) is 6.76. The molecule has 3 unspecified atom stereocenters. The Bertz CT molecular complexity index is 922. The van der Waals surface area contributed by atoms with Gasteiger partial charge in [-0.3, -0.25) is 28.2 Å². The van der Waals surface area contributed by atoms with E-state index in [0.29, 0.717) is 0 Å². The minimum absolute atomic E-state index is 0.0335. The number of carbonyl (C=O) groups is 1. The number of alkyl halides is 1. The van der Waals surface area contributed by atoms with Crippen LogP contribution in [0.5, 0.6) is 0 Å². The first kappa shape index (κ1) is 24.9. The average molecular weight is 469 g/mol. The molecule has 0 saturated carbocycles. The maximum absolute atomic E-state index is 14.6. The highest BCUT2D eigenvalue weighted by Gasteiger charge is 2.47. The molecule has 1 fully saturated rings. The van der Waals surface area contributed by atoms with Crippen molar-refractivity contribution in [2.75, 3.05) is 33.1 Å². The molecule has 0 bridgehead atoms. The number of aryl methyl sites for hydroxylation is 1. The molecule has 5 atom stereocenters. The van der Waals surface area contributed by atoms with Crippen LogP contribution in [-0.2, 0) is 23.1 Å². The van der Waals surface area contributed by atoms with E-state index in [0.717, 1.165) is 22.5 Å². The number of hydrogen-bond donors (Lipinski definition) is 2. The number of aromatic amines is 1. The van der Waals surface area contributed by atoms with E-state index in [2.05, 4.69) is 0 Å². The van der Waals surface area contributed by atoms with E-state index in [1.54, 1.807) is 0 Å². The molecule has 11 nitrogen and oxygen atoms in total. The maximum Gasteiger partial charge on any atom is 0.407 e. The third-order valence-electron chi connectivity index (χ3n) is 4.25. The Morgan fingerprint density at radius 1 is 1.43 bits per heavy atom. The van der Waals surface area contributed by atoms with Gasteiger partial charge in [0, 0.05) is 24.4 Å². The van der Waals surface area contributed by atoms with E-state index in [-0.39, 0.29) is 23.0 Å². The Morgan fingerprint density at radius 3 is 2.70 bits per heavy atom. The van der Waals surface area contributed by atoms with Crippen LogP contribution in [0.2, 0.25) is 0 Å². The van der Waals surface area contributed by atoms with Crippen molar-refractivity contribution in [2.45, 2.75) is 38.5 Å². The van der Waals surface area contributed by atoms with Crippen molar-refractivity contribution < 1.29 is 32.6 Å². The molecule has 0 aliphatic carbocycles. The molecule has 0 aromatic carbocycles. The molecule has 170 valence electrons. The van der Waals surface area contributed by atoms with Crippen molar-refractivity contribution in [2.24, 2.45) is 0 Å². The first-order valence-electron chi connectivity index (χ1n) is 8.96. The van der Waals surface area contributed by atoms with Crippen molar-refractivity contribution >= 4 is 24.6 Å². The highest BCUT2D eigenvalue weighted by molar-refractivity contribution is 8.13. The van der Waals surface area contributed by atoms with E-state index in [1.165, 1.54) is 32.6 Å². The summed E-state index contributed by atoms with van der Waals surface area (Å²) in [5.41, 5.74) is -1.34. The Labute approximate surface area is 176 Å². The number of aromatic nitrogens is 2. The summed E-state index contributed by atoms with van der Waals surface area (Å²) in [4.78, 5) is 36.5. The number of nitrogens with zero attached hydrogens (tertiary/aromatic N) is 2. The average Bonchev–Trinajstić information content (AvgIpc) is 2.94. The minimum Gasteiger partial charge on any atom is -0.387 e. The Kier molecular flexibility index (Phi) is 8.57. The van der Waals surface area contributed by atoms with Crippen molar-refractivity contribution in [3.63, 3.8) is 0 Å². The lowest BCUT2D eigenvalue weighted by Crippen LogP contribution is -2.36. The summed E-state index contributed by atoms with van der Waals surface area (Å²) in [6.07, 6.45) is -5.27. The second kappa shape index (κ2) is 10.3. The summed E-state index contributed by atoms with van der Waals surface area (Å²) in [6.45, 7) is 2.31. The number of carbonyl (C=O) groups excluding carboxylic acids is 1.